The van der Waals surface area contributed by atoms with Crippen LogP contribution in [0.25, 0.3) is 0 Å². The monoisotopic (exact) mass is 174 g/mol. The van der Waals surface area contributed by atoms with Crippen molar-refractivity contribution in [2.75, 3.05) is 20.5 Å². The Morgan fingerprint density at radius 2 is 2.17 bits per heavy atom. The van der Waals surface area contributed by atoms with Gasteiger partial charge in [0.2, 0.25) is 0 Å². The maximum absolute atomic E-state index is 9.84. The number of rotatable bonds is 6. The van der Waals surface area contributed by atoms with Crippen LogP contribution in [0.4, 0.5) is 0 Å². The lowest BCUT2D eigenvalue weighted by Crippen LogP contribution is -2.35. The molecule has 0 heterocycles. The van der Waals surface area contributed by atoms with Gasteiger partial charge < -0.3 is 14.6 Å². The van der Waals surface area contributed by atoms with Gasteiger partial charge in [0.25, 0.3) is 0 Å². The van der Waals surface area contributed by atoms with Gasteiger partial charge in [-0.3, -0.25) is 0 Å². The first-order chi connectivity index (χ1) is 5.56. The van der Waals surface area contributed by atoms with E-state index in [4.69, 9.17) is 9.47 Å². The van der Waals surface area contributed by atoms with Crippen LogP contribution in [0.2, 0.25) is 0 Å². The molecule has 0 rings (SSSR count). The molecule has 0 aliphatic heterocycles. The van der Waals surface area contributed by atoms with E-state index in [9.17, 15) is 5.11 Å². The van der Waals surface area contributed by atoms with E-state index in [0.29, 0.717) is 6.42 Å². The summed E-state index contributed by atoms with van der Waals surface area (Å²) >= 11 is 0. The summed E-state index contributed by atoms with van der Waals surface area (Å²) in [6.45, 7) is 7.84. The predicted molar refractivity (Wildman–Crippen MR) is 47.9 cm³/mol. The molecule has 0 aromatic heterocycles. The molecule has 0 bridgehead atoms. The second-order valence-corrected chi connectivity index (χ2v) is 2.92. The van der Waals surface area contributed by atoms with Gasteiger partial charge in [-0.25, -0.2) is 0 Å². The Bertz CT molecular complexity index is 145. The standard InChI is InChI=1S/C9H18O3/c1-5-9(10,8(2)3)6-12-7-11-4/h10H,2,5-7H2,1,3-4H3. The summed E-state index contributed by atoms with van der Waals surface area (Å²) in [5, 5.41) is 9.84. The molecule has 0 spiro atoms. The molecule has 0 radical (unpaired) electrons. The smallest absolute Gasteiger partial charge is 0.146 e. The lowest BCUT2D eigenvalue weighted by molar-refractivity contribution is -0.0886. The number of hydrogen-bond acceptors (Lipinski definition) is 3. The predicted octanol–water partition coefficient (Wildman–Crippen LogP) is 1.32. The van der Waals surface area contributed by atoms with Crippen LogP contribution in [0.15, 0.2) is 12.2 Å². The highest BCUT2D eigenvalue weighted by Crippen LogP contribution is 2.19. The summed E-state index contributed by atoms with van der Waals surface area (Å²) in [4.78, 5) is 0. The molecule has 0 fully saturated rings. The maximum Gasteiger partial charge on any atom is 0.146 e. The van der Waals surface area contributed by atoms with Crippen LogP contribution in [-0.2, 0) is 9.47 Å². The third-order valence-electron chi connectivity index (χ3n) is 1.92. The van der Waals surface area contributed by atoms with Gasteiger partial charge in [-0.05, 0) is 18.9 Å². The van der Waals surface area contributed by atoms with Crippen molar-refractivity contribution >= 4 is 0 Å². The van der Waals surface area contributed by atoms with E-state index in [1.165, 1.54) is 0 Å². The molecule has 0 aromatic carbocycles. The van der Waals surface area contributed by atoms with Crippen molar-refractivity contribution in [3.8, 4) is 0 Å². The zero-order valence-corrected chi connectivity index (χ0v) is 8.09. The van der Waals surface area contributed by atoms with Crippen LogP contribution in [0, 0.1) is 0 Å². The first-order valence-electron chi connectivity index (χ1n) is 4.02. The maximum atomic E-state index is 9.84. The van der Waals surface area contributed by atoms with E-state index in [2.05, 4.69) is 6.58 Å². The lowest BCUT2D eigenvalue weighted by atomic mass is 9.94. The van der Waals surface area contributed by atoms with Crippen molar-refractivity contribution in [2.45, 2.75) is 25.9 Å². The van der Waals surface area contributed by atoms with Gasteiger partial charge in [-0.15, -0.1) is 0 Å². The minimum atomic E-state index is -0.904. The van der Waals surface area contributed by atoms with Crippen LogP contribution < -0.4 is 0 Å². The molecule has 0 saturated heterocycles. The second-order valence-electron chi connectivity index (χ2n) is 2.92. The molecule has 0 aliphatic carbocycles. The lowest BCUT2D eigenvalue weighted by Gasteiger charge is -2.26. The average Bonchev–Trinajstić information content (AvgIpc) is 2.04. The van der Waals surface area contributed by atoms with Gasteiger partial charge in [-0.2, -0.15) is 0 Å². The van der Waals surface area contributed by atoms with Crippen LogP contribution in [0.3, 0.4) is 0 Å². The van der Waals surface area contributed by atoms with Gasteiger partial charge in [0.15, 0.2) is 0 Å². The highest BCUT2D eigenvalue weighted by atomic mass is 16.7. The van der Waals surface area contributed by atoms with Crippen molar-refractivity contribution in [1.29, 1.82) is 0 Å². The molecule has 3 heteroatoms. The fourth-order valence-corrected chi connectivity index (χ4v) is 0.821. The summed E-state index contributed by atoms with van der Waals surface area (Å²) in [6, 6.07) is 0. The second kappa shape index (κ2) is 5.30. The van der Waals surface area contributed by atoms with E-state index in [1.54, 1.807) is 14.0 Å². The molecule has 0 amide bonds. The quantitative estimate of drug-likeness (QED) is 0.375. The Hall–Kier alpha value is -0.380. The molecule has 0 saturated carbocycles. The zero-order chi connectivity index (χ0) is 9.61. The van der Waals surface area contributed by atoms with Crippen molar-refractivity contribution in [3.05, 3.63) is 12.2 Å². The summed E-state index contributed by atoms with van der Waals surface area (Å²) in [6.07, 6.45) is 0.603. The highest BCUT2D eigenvalue weighted by molar-refractivity contribution is 5.08. The van der Waals surface area contributed by atoms with Crippen molar-refractivity contribution in [2.24, 2.45) is 0 Å². The fraction of sp³-hybridized carbons (Fsp3) is 0.778. The molecular weight excluding hydrogens is 156 g/mol. The van der Waals surface area contributed by atoms with Gasteiger partial charge in [-0.1, -0.05) is 13.5 Å². The zero-order valence-electron chi connectivity index (χ0n) is 8.09. The SMILES string of the molecule is C=C(C)C(O)(CC)COCOC. The third kappa shape index (κ3) is 3.34. The Labute approximate surface area is 74.0 Å². The molecule has 0 aromatic rings. The van der Waals surface area contributed by atoms with Gasteiger partial charge in [0.1, 0.15) is 12.4 Å². The molecule has 0 aliphatic rings. The minimum absolute atomic E-state index is 0.204. The Morgan fingerprint density at radius 3 is 2.50 bits per heavy atom. The van der Waals surface area contributed by atoms with Crippen molar-refractivity contribution in [3.63, 3.8) is 0 Å². The molecule has 1 atom stereocenters. The van der Waals surface area contributed by atoms with Crippen molar-refractivity contribution in [1.82, 2.24) is 0 Å². The van der Waals surface area contributed by atoms with Crippen LogP contribution in [-0.4, -0.2) is 31.2 Å². The number of hydrogen-bond donors (Lipinski definition) is 1. The average molecular weight is 174 g/mol. The van der Waals surface area contributed by atoms with E-state index in [0.717, 1.165) is 5.57 Å². The molecule has 3 nitrogen and oxygen atoms in total. The molecule has 72 valence electrons. The van der Waals surface area contributed by atoms with Gasteiger partial charge in [0.05, 0.1) is 6.61 Å². The topological polar surface area (TPSA) is 38.7 Å². The normalized spacial score (nSPS) is 15.7. The van der Waals surface area contributed by atoms with E-state index in [1.807, 2.05) is 6.92 Å². The van der Waals surface area contributed by atoms with Crippen LogP contribution >= 0.6 is 0 Å². The number of aliphatic hydroxyl groups is 1. The Morgan fingerprint density at radius 1 is 1.58 bits per heavy atom. The van der Waals surface area contributed by atoms with Gasteiger partial charge in [0, 0.05) is 7.11 Å². The number of methoxy groups -OCH3 is 1. The minimum Gasteiger partial charge on any atom is -0.383 e. The molecule has 1 unspecified atom stereocenters. The number of ether oxygens (including phenoxy) is 2. The summed E-state index contributed by atoms with van der Waals surface area (Å²) in [5.41, 5.74) is -0.181. The third-order valence-corrected chi connectivity index (χ3v) is 1.92. The van der Waals surface area contributed by atoms with Crippen molar-refractivity contribution < 1.29 is 14.6 Å². The largest absolute Gasteiger partial charge is 0.383 e. The summed E-state index contributed by atoms with van der Waals surface area (Å²) in [7, 11) is 1.55. The first-order valence-corrected chi connectivity index (χ1v) is 4.02. The summed E-state index contributed by atoms with van der Waals surface area (Å²) in [5.74, 6) is 0. The fourth-order valence-electron chi connectivity index (χ4n) is 0.821. The Balaban J connectivity index is 3.88. The first kappa shape index (κ1) is 11.6. The molecule has 12 heavy (non-hydrogen) atoms. The highest BCUT2D eigenvalue weighted by Gasteiger charge is 2.25. The molecule has 1 N–H and O–H groups in total. The Kier molecular flexibility index (Phi) is 5.13. The summed E-state index contributed by atoms with van der Waals surface area (Å²) < 4.78 is 9.77. The van der Waals surface area contributed by atoms with Crippen LogP contribution in [0.5, 0.6) is 0 Å². The van der Waals surface area contributed by atoms with E-state index in [-0.39, 0.29) is 13.4 Å². The van der Waals surface area contributed by atoms with E-state index >= 15 is 0 Å². The van der Waals surface area contributed by atoms with Gasteiger partial charge >= 0.3 is 0 Å². The van der Waals surface area contributed by atoms with E-state index < -0.39 is 5.60 Å². The molecular formula is C9H18O3. The van der Waals surface area contributed by atoms with Crippen LogP contribution in [0.1, 0.15) is 20.3 Å².